The molecule has 3 nitrogen and oxygen atoms in total. The molecule has 0 aliphatic carbocycles. The molecule has 0 aliphatic heterocycles. The lowest BCUT2D eigenvalue weighted by molar-refractivity contribution is 0.415. The summed E-state index contributed by atoms with van der Waals surface area (Å²) in [6.07, 6.45) is 0. The number of para-hydroxylation sites is 2. The number of hydrogen-bond acceptors (Lipinski definition) is 2. The quantitative estimate of drug-likeness (QED) is 0.457. The van der Waals surface area contributed by atoms with Crippen molar-refractivity contribution in [3.8, 4) is 17.1 Å². The summed E-state index contributed by atoms with van der Waals surface area (Å²) in [7, 11) is 1.66. The van der Waals surface area contributed by atoms with Crippen LogP contribution in [0.3, 0.4) is 0 Å². The number of ether oxygens (including phenoxy) is 1. The molecule has 122 valence electrons. The van der Waals surface area contributed by atoms with Crippen LogP contribution in [0.25, 0.3) is 22.3 Å². The van der Waals surface area contributed by atoms with Crippen LogP contribution in [-0.2, 0) is 0 Å². The van der Waals surface area contributed by atoms with Crippen molar-refractivity contribution >= 4 is 22.3 Å². The van der Waals surface area contributed by atoms with Crippen molar-refractivity contribution in [2.75, 3.05) is 12.4 Å². The van der Waals surface area contributed by atoms with Gasteiger partial charge in [0.2, 0.25) is 0 Å². The molecule has 0 aliphatic rings. The first-order valence-electron chi connectivity index (χ1n) is 8.16. The van der Waals surface area contributed by atoms with Crippen LogP contribution < -0.4 is 10.1 Å². The topological polar surface area (TPSA) is 32.6 Å². The highest BCUT2D eigenvalue weighted by molar-refractivity contribution is 5.93. The Bertz CT molecular complexity index is 995. The summed E-state index contributed by atoms with van der Waals surface area (Å²) in [5.41, 5.74) is 3.90. The second kappa shape index (κ2) is 6.65. The zero-order chi connectivity index (χ0) is 17.1. The average molecular weight is 328 g/mol. The minimum atomic E-state index is 0.805. The SMILES string of the molecule is COc1ccc(-c2cc(Nc3ccccc3)c3ccccc3[o+]2)cc1. The average Bonchev–Trinajstić information content (AvgIpc) is 2.69. The number of nitrogens with one attached hydrogen (secondary N) is 1. The molecule has 4 aromatic rings. The largest absolute Gasteiger partial charge is 0.497 e. The van der Waals surface area contributed by atoms with E-state index in [9.17, 15) is 0 Å². The predicted octanol–water partition coefficient (Wildman–Crippen LogP) is 6.13. The van der Waals surface area contributed by atoms with Crippen LogP contribution in [0.15, 0.2) is 89.3 Å². The highest BCUT2D eigenvalue weighted by atomic mass is 16.5. The molecular formula is C22H18NO2+. The van der Waals surface area contributed by atoms with E-state index in [-0.39, 0.29) is 0 Å². The minimum Gasteiger partial charge on any atom is -0.497 e. The van der Waals surface area contributed by atoms with Gasteiger partial charge in [0.1, 0.15) is 11.1 Å². The molecule has 25 heavy (non-hydrogen) atoms. The van der Waals surface area contributed by atoms with Crippen molar-refractivity contribution < 1.29 is 9.15 Å². The fraction of sp³-hybridized carbons (Fsp3) is 0.0455. The molecule has 0 bridgehead atoms. The number of methoxy groups -OCH3 is 1. The first kappa shape index (κ1) is 15.2. The highest BCUT2D eigenvalue weighted by Gasteiger charge is 2.19. The second-order valence-corrected chi connectivity index (χ2v) is 5.74. The van der Waals surface area contributed by atoms with Crippen molar-refractivity contribution in [3.05, 3.63) is 84.9 Å². The summed E-state index contributed by atoms with van der Waals surface area (Å²) >= 11 is 0. The van der Waals surface area contributed by atoms with Crippen LogP contribution in [0.5, 0.6) is 5.75 Å². The third-order valence-corrected chi connectivity index (χ3v) is 4.10. The molecule has 1 N–H and O–H groups in total. The zero-order valence-corrected chi connectivity index (χ0v) is 13.9. The molecule has 0 saturated carbocycles. The van der Waals surface area contributed by atoms with Crippen molar-refractivity contribution in [1.29, 1.82) is 0 Å². The van der Waals surface area contributed by atoms with Crippen LogP contribution in [0.4, 0.5) is 11.4 Å². The highest BCUT2D eigenvalue weighted by Crippen LogP contribution is 2.33. The van der Waals surface area contributed by atoms with Crippen molar-refractivity contribution in [3.63, 3.8) is 0 Å². The molecule has 0 atom stereocenters. The van der Waals surface area contributed by atoms with Gasteiger partial charge in [0.15, 0.2) is 0 Å². The van der Waals surface area contributed by atoms with Gasteiger partial charge in [-0.3, -0.25) is 0 Å². The van der Waals surface area contributed by atoms with Gasteiger partial charge in [0.05, 0.1) is 24.4 Å². The summed E-state index contributed by atoms with van der Waals surface area (Å²) in [6.45, 7) is 0. The van der Waals surface area contributed by atoms with E-state index < -0.39 is 0 Å². The summed E-state index contributed by atoms with van der Waals surface area (Å²) in [5, 5.41) is 4.54. The molecule has 1 aromatic heterocycles. The Balaban J connectivity index is 1.82. The number of hydrogen-bond donors (Lipinski definition) is 1. The van der Waals surface area contributed by atoms with E-state index in [0.29, 0.717) is 0 Å². The minimum absolute atomic E-state index is 0.805. The maximum absolute atomic E-state index is 6.12. The lowest BCUT2D eigenvalue weighted by atomic mass is 10.1. The molecular weight excluding hydrogens is 310 g/mol. The maximum atomic E-state index is 6.12. The number of fused-ring (bicyclic) bond motifs is 1. The van der Waals surface area contributed by atoms with Gasteiger partial charge in [0, 0.05) is 11.8 Å². The van der Waals surface area contributed by atoms with Crippen LogP contribution in [-0.4, -0.2) is 7.11 Å². The Labute approximate surface area is 146 Å². The standard InChI is InChI=1S/C22H18NO2/c1-24-18-13-11-16(12-14-18)22-15-20(23-17-7-3-2-4-8-17)19-9-5-6-10-21(19)25-22/h2-15,23H,1H3/q+1. The van der Waals surface area contributed by atoms with Crippen molar-refractivity contribution in [1.82, 2.24) is 0 Å². The monoisotopic (exact) mass is 328 g/mol. The van der Waals surface area contributed by atoms with E-state index in [2.05, 4.69) is 11.4 Å². The van der Waals surface area contributed by atoms with Crippen LogP contribution in [0.2, 0.25) is 0 Å². The molecule has 1 heterocycles. The summed E-state index contributed by atoms with van der Waals surface area (Å²) in [5.74, 6) is 1.63. The molecule has 3 aromatic carbocycles. The van der Waals surface area contributed by atoms with E-state index in [0.717, 1.165) is 39.4 Å². The fourth-order valence-corrected chi connectivity index (χ4v) is 2.81. The Hall–Kier alpha value is -3.33. The number of benzene rings is 3. The zero-order valence-electron chi connectivity index (χ0n) is 13.9. The molecule has 0 unspecified atom stereocenters. The Kier molecular flexibility index (Phi) is 4.05. The third kappa shape index (κ3) is 3.17. The van der Waals surface area contributed by atoms with E-state index in [4.69, 9.17) is 9.15 Å². The Morgan fingerprint density at radius 1 is 0.800 bits per heavy atom. The summed E-state index contributed by atoms with van der Waals surface area (Å²) < 4.78 is 11.4. The lowest BCUT2D eigenvalue weighted by Crippen LogP contribution is -1.92. The first-order chi connectivity index (χ1) is 12.3. The van der Waals surface area contributed by atoms with Crippen molar-refractivity contribution in [2.45, 2.75) is 0 Å². The number of rotatable bonds is 4. The normalized spacial score (nSPS) is 10.6. The van der Waals surface area contributed by atoms with E-state index in [1.807, 2.05) is 78.9 Å². The molecule has 4 rings (SSSR count). The lowest BCUT2D eigenvalue weighted by Gasteiger charge is -2.07. The van der Waals surface area contributed by atoms with E-state index in [1.54, 1.807) is 7.11 Å². The summed E-state index contributed by atoms with van der Waals surface area (Å²) in [4.78, 5) is 0. The molecule has 0 radical (unpaired) electrons. The molecule has 0 saturated heterocycles. The van der Waals surface area contributed by atoms with Gasteiger partial charge >= 0.3 is 11.3 Å². The first-order valence-corrected chi connectivity index (χ1v) is 8.16. The van der Waals surface area contributed by atoms with Crippen LogP contribution >= 0.6 is 0 Å². The smallest absolute Gasteiger partial charge is 0.362 e. The molecule has 0 fully saturated rings. The van der Waals surface area contributed by atoms with Gasteiger partial charge < -0.3 is 10.1 Å². The van der Waals surface area contributed by atoms with Gasteiger partial charge in [-0.2, -0.15) is 0 Å². The van der Waals surface area contributed by atoms with Crippen LogP contribution in [0, 0.1) is 0 Å². The van der Waals surface area contributed by atoms with Gasteiger partial charge in [-0.1, -0.05) is 30.3 Å². The van der Waals surface area contributed by atoms with Gasteiger partial charge in [-0.15, -0.1) is 0 Å². The number of anilines is 2. The van der Waals surface area contributed by atoms with Crippen LogP contribution in [0.1, 0.15) is 0 Å². The van der Waals surface area contributed by atoms with Gasteiger partial charge in [0.25, 0.3) is 0 Å². The van der Waals surface area contributed by atoms with Gasteiger partial charge in [-0.05, 0) is 42.5 Å². The Morgan fingerprint density at radius 2 is 1.52 bits per heavy atom. The van der Waals surface area contributed by atoms with E-state index in [1.165, 1.54) is 0 Å². The summed E-state index contributed by atoms with van der Waals surface area (Å²) in [6, 6.07) is 28.1. The predicted molar refractivity (Wildman–Crippen MR) is 102 cm³/mol. The second-order valence-electron chi connectivity index (χ2n) is 5.74. The van der Waals surface area contributed by atoms with E-state index >= 15 is 0 Å². The fourth-order valence-electron chi connectivity index (χ4n) is 2.81. The van der Waals surface area contributed by atoms with Crippen molar-refractivity contribution in [2.24, 2.45) is 0 Å². The third-order valence-electron chi connectivity index (χ3n) is 4.10. The maximum Gasteiger partial charge on any atom is 0.362 e. The molecule has 0 spiro atoms. The Morgan fingerprint density at radius 3 is 2.28 bits per heavy atom. The van der Waals surface area contributed by atoms with Gasteiger partial charge in [-0.25, -0.2) is 4.42 Å². The molecule has 0 amide bonds. The molecule has 3 heteroatoms.